The van der Waals surface area contributed by atoms with Crippen LogP contribution in [0, 0.1) is 5.41 Å². The highest BCUT2D eigenvalue weighted by Crippen LogP contribution is 2.29. The zero-order valence-electron chi connectivity index (χ0n) is 12.0. The van der Waals surface area contributed by atoms with Crippen LogP contribution in [0.2, 0.25) is 0 Å². The van der Waals surface area contributed by atoms with Crippen LogP contribution in [0.15, 0.2) is 0 Å². The van der Waals surface area contributed by atoms with Gasteiger partial charge in [0.25, 0.3) is 0 Å². The molecule has 0 bridgehead atoms. The summed E-state index contributed by atoms with van der Waals surface area (Å²) in [7, 11) is 4.38. The molecule has 2 rings (SSSR count). The summed E-state index contributed by atoms with van der Waals surface area (Å²) in [6.07, 6.45) is 4.98. The molecule has 0 amide bonds. The van der Waals surface area contributed by atoms with E-state index in [-0.39, 0.29) is 5.41 Å². The van der Waals surface area contributed by atoms with Crippen molar-refractivity contribution in [3.8, 4) is 0 Å². The third-order valence-corrected chi connectivity index (χ3v) is 4.68. The van der Waals surface area contributed by atoms with Crippen LogP contribution >= 0.6 is 0 Å². The maximum atomic E-state index is 6.02. The molecule has 2 N–H and O–H groups in total. The number of ether oxygens (including phenoxy) is 1. The monoisotopic (exact) mass is 255 g/mol. The maximum Gasteiger partial charge on any atom is 0.0546 e. The van der Waals surface area contributed by atoms with Gasteiger partial charge in [-0.05, 0) is 52.9 Å². The lowest BCUT2D eigenvalue weighted by Crippen LogP contribution is -2.51. The highest BCUT2D eigenvalue weighted by molar-refractivity contribution is 4.88. The molecule has 0 saturated carbocycles. The Kier molecular flexibility index (Phi) is 5.01. The Hall–Kier alpha value is -0.160. The molecule has 2 fully saturated rings. The largest absolute Gasteiger partial charge is 0.381 e. The van der Waals surface area contributed by atoms with Crippen molar-refractivity contribution in [3.63, 3.8) is 0 Å². The van der Waals surface area contributed by atoms with E-state index in [1.165, 1.54) is 38.8 Å². The first-order chi connectivity index (χ1) is 8.65. The lowest BCUT2D eigenvalue weighted by atomic mass is 9.81. The van der Waals surface area contributed by atoms with E-state index in [0.29, 0.717) is 0 Å². The minimum absolute atomic E-state index is 0.225. The van der Waals surface area contributed by atoms with E-state index in [0.717, 1.165) is 32.3 Å². The number of hydrogen-bond donors (Lipinski definition) is 1. The highest BCUT2D eigenvalue weighted by atomic mass is 16.5. The van der Waals surface area contributed by atoms with Gasteiger partial charge in [-0.15, -0.1) is 0 Å². The molecule has 0 aliphatic carbocycles. The topological polar surface area (TPSA) is 41.7 Å². The molecular formula is C14H29N3O. The van der Waals surface area contributed by atoms with Crippen LogP contribution in [0.5, 0.6) is 0 Å². The first-order valence-corrected chi connectivity index (χ1v) is 7.32. The van der Waals surface area contributed by atoms with Crippen LogP contribution in [0.3, 0.4) is 0 Å². The smallest absolute Gasteiger partial charge is 0.0546 e. The van der Waals surface area contributed by atoms with Gasteiger partial charge < -0.3 is 20.3 Å². The normalized spacial score (nSPS) is 32.0. The Balaban J connectivity index is 1.82. The van der Waals surface area contributed by atoms with Gasteiger partial charge in [-0.25, -0.2) is 0 Å². The molecule has 0 radical (unpaired) electrons. The Labute approximate surface area is 111 Å². The lowest BCUT2D eigenvalue weighted by molar-refractivity contribution is -0.0273. The van der Waals surface area contributed by atoms with Crippen molar-refractivity contribution in [1.29, 1.82) is 0 Å². The van der Waals surface area contributed by atoms with Crippen molar-refractivity contribution in [1.82, 2.24) is 9.80 Å². The molecule has 1 atom stereocenters. The van der Waals surface area contributed by atoms with Crippen LogP contribution < -0.4 is 5.73 Å². The van der Waals surface area contributed by atoms with Crippen LogP contribution in [-0.2, 0) is 4.74 Å². The van der Waals surface area contributed by atoms with Gasteiger partial charge in [0.05, 0.1) is 6.61 Å². The summed E-state index contributed by atoms with van der Waals surface area (Å²) in [5, 5.41) is 0. The molecule has 1 unspecified atom stereocenters. The van der Waals surface area contributed by atoms with Crippen LogP contribution in [0.1, 0.15) is 25.7 Å². The molecule has 0 aromatic rings. The number of nitrogens with zero attached hydrogens (tertiary/aromatic N) is 2. The van der Waals surface area contributed by atoms with E-state index in [2.05, 4.69) is 23.9 Å². The molecular weight excluding hydrogens is 226 g/mol. The van der Waals surface area contributed by atoms with Crippen molar-refractivity contribution in [2.45, 2.75) is 31.7 Å². The summed E-state index contributed by atoms with van der Waals surface area (Å²) < 4.78 is 5.66. The highest BCUT2D eigenvalue weighted by Gasteiger charge is 2.34. The minimum atomic E-state index is 0.225. The fourth-order valence-electron chi connectivity index (χ4n) is 3.33. The molecule has 0 aromatic heterocycles. The summed E-state index contributed by atoms with van der Waals surface area (Å²) in [4.78, 5) is 4.96. The summed E-state index contributed by atoms with van der Waals surface area (Å²) >= 11 is 0. The average Bonchev–Trinajstić information content (AvgIpc) is 2.40. The van der Waals surface area contributed by atoms with Crippen molar-refractivity contribution in [3.05, 3.63) is 0 Å². The fourth-order valence-corrected chi connectivity index (χ4v) is 3.33. The predicted molar refractivity (Wildman–Crippen MR) is 74.7 cm³/mol. The molecule has 106 valence electrons. The lowest BCUT2D eigenvalue weighted by Gasteiger charge is -2.43. The van der Waals surface area contributed by atoms with Gasteiger partial charge in [-0.2, -0.15) is 0 Å². The second-order valence-electron chi connectivity index (χ2n) is 6.33. The second kappa shape index (κ2) is 6.33. The Morgan fingerprint density at radius 1 is 1.33 bits per heavy atom. The number of rotatable bonds is 4. The molecule has 2 saturated heterocycles. The Morgan fingerprint density at radius 3 is 2.56 bits per heavy atom. The zero-order valence-corrected chi connectivity index (χ0v) is 12.0. The van der Waals surface area contributed by atoms with Gasteiger partial charge in [0.1, 0.15) is 0 Å². The molecule has 2 aliphatic rings. The standard InChI is InChI=1S/C14H29N3O/c1-16(2)13-4-7-17(8-5-13)11-14(10-15)6-3-9-18-12-14/h13H,3-12,15H2,1-2H3. The average molecular weight is 255 g/mol. The number of likely N-dealkylation sites (tertiary alicyclic amines) is 1. The van der Waals surface area contributed by atoms with E-state index in [1.807, 2.05) is 0 Å². The molecule has 2 aliphatic heterocycles. The SMILES string of the molecule is CN(C)C1CCN(CC2(CN)CCCOC2)CC1. The van der Waals surface area contributed by atoms with E-state index in [4.69, 9.17) is 10.5 Å². The van der Waals surface area contributed by atoms with E-state index < -0.39 is 0 Å². The summed E-state index contributed by atoms with van der Waals surface area (Å²) in [6.45, 7) is 6.10. The van der Waals surface area contributed by atoms with E-state index in [9.17, 15) is 0 Å². The van der Waals surface area contributed by atoms with Crippen molar-refractivity contribution < 1.29 is 4.74 Å². The fraction of sp³-hybridized carbons (Fsp3) is 1.00. The van der Waals surface area contributed by atoms with Crippen molar-refractivity contribution in [2.24, 2.45) is 11.1 Å². The van der Waals surface area contributed by atoms with Crippen LogP contribution in [0.4, 0.5) is 0 Å². The van der Waals surface area contributed by atoms with Gasteiger partial charge in [-0.1, -0.05) is 0 Å². The van der Waals surface area contributed by atoms with Gasteiger partial charge in [0.2, 0.25) is 0 Å². The third-order valence-electron chi connectivity index (χ3n) is 4.68. The summed E-state index contributed by atoms with van der Waals surface area (Å²) in [5.74, 6) is 0. The Morgan fingerprint density at radius 2 is 2.06 bits per heavy atom. The molecule has 0 spiro atoms. The maximum absolute atomic E-state index is 6.02. The quantitative estimate of drug-likeness (QED) is 0.805. The van der Waals surface area contributed by atoms with E-state index >= 15 is 0 Å². The van der Waals surface area contributed by atoms with Crippen LogP contribution in [-0.4, -0.2) is 69.3 Å². The number of hydrogen-bond acceptors (Lipinski definition) is 4. The summed E-state index contributed by atoms with van der Waals surface area (Å²) in [6, 6.07) is 0.762. The molecule has 0 aromatic carbocycles. The van der Waals surface area contributed by atoms with Gasteiger partial charge in [0, 0.05) is 31.2 Å². The number of nitrogens with two attached hydrogens (primary N) is 1. The van der Waals surface area contributed by atoms with Gasteiger partial charge >= 0.3 is 0 Å². The minimum Gasteiger partial charge on any atom is -0.381 e. The summed E-state index contributed by atoms with van der Waals surface area (Å²) in [5.41, 5.74) is 6.24. The molecule has 4 heteroatoms. The number of piperidine rings is 1. The zero-order chi connectivity index (χ0) is 13.0. The third kappa shape index (κ3) is 3.44. The van der Waals surface area contributed by atoms with Crippen LogP contribution in [0.25, 0.3) is 0 Å². The first-order valence-electron chi connectivity index (χ1n) is 7.32. The molecule has 4 nitrogen and oxygen atoms in total. The van der Waals surface area contributed by atoms with Crippen molar-refractivity contribution >= 4 is 0 Å². The molecule has 18 heavy (non-hydrogen) atoms. The second-order valence-corrected chi connectivity index (χ2v) is 6.33. The van der Waals surface area contributed by atoms with Gasteiger partial charge in [-0.3, -0.25) is 0 Å². The Bertz CT molecular complexity index is 243. The van der Waals surface area contributed by atoms with Gasteiger partial charge in [0.15, 0.2) is 0 Å². The first kappa shape index (κ1) is 14.3. The predicted octanol–water partition coefficient (Wildman–Crippen LogP) is 0.768. The van der Waals surface area contributed by atoms with Crippen molar-refractivity contribution in [2.75, 3.05) is 53.5 Å². The molecule has 2 heterocycles. The van der Waals surface area contributed by atoms with E-state index in [1.54, 1.807) is 0 Å².